The van der Waals surface area contributed by atoms with Crippen LogP contribution in [0.1, 0.15) is 13.3 Å². The smallest absolute Gasteiger partial charge is 0.118 e. The summed E-state index contributed by atoms with van der Waals surface area (Å²) < 4.78 is 0. The number of fused-ring (bicyclic) bond motifs is 3. The van der Waals surface area contributed by atoms with Crippen molar-refractivity contribution in [3.63, 3.8) is 0 Å². The standard InChI is InChI=1S/C16H21ClN4/c1-9-7-11-14(15-13(9)18-8-12(17)20-15)21-16(19-11)10-5-3-2-4-6-10/h2-5,7-10,12-16,19-21H,6H2,1H3. The molecule has 21 heavy (non-hydrogen) atoms. The lowest BCUT2D eigenvalue weighted by molar-refractivity contribution is 0.297. The second-order valence-corrected chi connectivity index (χ2v) is 6.81. The molecule has 0 amide bonds. The van der Waals surface area contributed by atoms with E-state index in [-0.39, 0.29) is 29.8 Å². The Balaban J connectivity index is 1.57. The molecule has 1 fully saturated rings. The third-order valence-corrected chi connectivity index (χ3v) is 5.15. The van der Waals surface area contributed by atoms with E-state index in [1.165, 1.54) is 5.70 Å². The molecule has 3 N–H and O–H groups in total. The van der Waals surface area contributed by atoms with Crippen molar-refractivity contribution in [3.05, 3.63) is 36.1 Å². The summed E-state index contributed by atoms with van der Waals surface area (Å²) in [4.78, 5) is 4.65. The highest BCUT2D eigenvalue weighted by Crippen LogP contribution is 2.32. The largest absolute Gasteiger partial charge is 0.372 e. The maximum absolute atomic E-state index is 6.21. The molecule has 0 bridgehead atoms. The van der Waals surface area contributed by atoms with Crippen LogP contribution in [0.15, 0.2) is 41.1 Å². The first-order valence-electron chi connectivity index (χ1n) is 7.73. The molecule has 0 aromatic rings. The second-order valence-electron chi connectivity index (χ2n) is 6.34. The van der Waals surface area contributed by atoms with E-state index >= 15 is 0 Å². The summed E-state index contributed by atoms with van der Waals surface area (Å²) in [5, 5.41) is 10.9. The van der Waals surface area contributed by atoms with E-state index in [4.69, 9.17) is 11.6 Å². The number of nitrogens with zero attached hydrogens (tertiary/aromatic N) is 1. The Bertz CT molecular complexity index is 538. The van der Waals surface area contributed by atoms with Crippen molar-refractivity contribution in [3.8, 4) is 0 Å². The number of alkyl halides is 1. The normalized spacial score (nSPS) is 47.5. The molecular weight excluding hydrogens is 284 g/mol. The summed E-state index contributed by atoms with van der Waals surface area (Å²) in [6.07, 6.45) is 14.3. The summed E-state index contributed by atoms with van der Waals surface area (Å²) in [6.45, 7) is 2.23. The molecule has 112 valence electrons. The number of halogens is 1. The SMILES string of the molecule is CC1C=C2NC(C3C=CC=CC3)NC2C2NC(Cl)C=NC12. The zero-order valence-electron chi connectivity index (χ0n) is 12.0. The number of hydrogen-bond donors (Lipinski definition) is 3. The molecule has 0 aromatic heterocycles. The minimum Gasteiger partial charge on any atom is -0.372 e. The van der Waals surface area contributed by atoms with E-state index in [2.05, 4.69) is 58.2 Å². The van der Waals surface area contributed by atoms with Gasteiger partial charge < -0.3 is 5.32 Å². The van der Waals surface area contributed by atoms with Crippen molar-refractivity contribution in [2.45, 2.75) is 43.1 Å². The van der Waals surface area contributed by atoms with Gasteiger partial charge in [-0.3, -0.25) is 15.6 Å². The van der Waals surface area contributed by atoms with Crippen LogP contribution in [0.2, 0.25) is 0 Å². The Kier molecular flexibility index (Phi) is 3.40. The maximum atomic E-state index is 6.21. The molecule has 4 nitrogen and oxygen atoms in total. The Morgan fingerprint density at radius 3 is 3.00 bits per heavy atom. The third-order valence-electron chi connectivity index (χ3n) is 4.91. The van der Waals surface area contributed by atoms with Crippen LogP contribution in [-0.2, 0) is 0 Å². The number of nitrogens with one attached hydrogen (secondary N) is 3. The van der Waals surface area contributed by atoms with Gasteiger partial charge in [0.2, 0.25) is 0 Å². The minimum atomic E-state index is -0.170. The fourth-order valence-corrected chi connectivity index (χ4v) is 4.06. The van der Waals surface area contributed by atoms with Gasteiger partial charge in [0.15, 0.2) is 0 Å². The Hall–Kier alpha value is -1.10. The van der Waals surface area contributed by atoms with Gasteiger partial charge in [-0.1, -0.05) is 48.9 Å². The number of rotatable bonds is 1. The number of aliphatic imine (C=N–C) groups is 1. The van der Waals surface area contributed by atoms with Crippen molar-refractivity contribution < 1.29 is 0 Å². The van der Waals surface area contributed by atoms with Crippen molar-refractivity contribution in [1.29, 1.82) is 0 Å². The molecule has 2 aliphatic heterocycles. The molecule has 0 radical (unpaired) electrons. The molecular formula is C16H21ClN4. The molecule has 2 heterocycles. The van der Waals surface area contributed by atoms with Gasteiger partial charge in [-0.2, -0.15) is 0 Å². The van der Waals surface area contributed by atoms with Crippen LogP contribution in [-0.4, -0.2) is 36.0 Å². The summed E-state index contributed by atoms with van der Waals surface area (Å²) >= 11 is 6.21. The van der Waals surface area contributed by atoms with Crippen molar-refractivity contribution in [2.24, 2.45) is 16.8 Å². The summed E-state index contributed by atoms with van der Waals surface area (Å²) in [7, 11) is 0. The molecule has 0 spiro atoms. The lowest BCUT2D eigenvalue weighted by atomic mass is 9.82. The van der Waals surface area contributed by atoms with E-state index in [0.29, 0.717) is 11.8 Å². The molecule has 7 atom stereocenters. The van der Waals surface area contributed by atoms with E-state index in [9.17, 15) is 0 Å². The molecule has 2 aliphatic carbocycles. The first-order valence-corrected chi connectivity index (χ1v) is 8.17. The van der Waals surface area contributed by atoms with E-state index in [1.54, 1.807) is 0 Å². The van der Waals surface area contributed by atoms with Crippen LogP contribution >= 0.6 is 11.6 Å². The van der Waals surface area contributed by atoms with Gasteiger partial charge in [-0.25, -0.2) is 0 Å². The zero-order valence-corrected chi connectivity index (χ0v) is 12.8. The maximum Gasteiger partial charge on any atom is 0.118 e. The first kappa shape index (κ1) is 13.6. The minimum absolute atomic E-state index is 0.170. The molecule has 0 saturated carbocycles. The van der Waals surface area contributed by atoms with E-state index < -0.39 is 0 Å². The van der Waals surface area contributed by atoms with Crippen LogP contribution in [0, 0.1) is 11.8 Å². The Labute approximate surface area is 130 Å². The highest BCUT2D eigenvalue weighted by molar-refractivity contribution is 6.28. The van der Waals surface area contributed by atoms with Crippen LogP contribution < -0.4 is 16.0 Å². The van der Waals surface area contributed by atoms with E-state index in [1.807, 2.05) is 6.21 Å². The molecule has 5 heteroatoms. The van der Waals surface area contributed by atoms with Gasteiger partial charge in [0.25, 0.3) is 0 Å². The molecule has 4 rings (SSSR count). The molecule has 1 saturated heterocycles. The van der Waals surface area contributed by atoms with Gasteiger partial charge in [-0.15, -0.1) is 0 Å². The number of hydrogen-bond acceptors (Lipinski definition) is 4. The van der Waals surface area contributed by atoms with Gasteiger partial charge in [0.1, 0.15) is 5.50 Å². The molecule has 4 aliphatic rings. The molecule has 0 aromatic carbocycles. The molecule has 7 unspecified atom stereocenters. The summed E-state index contributed by atoms with van der Waals surface area (Å²) in [5.41, 5.74) is 1.13. The summed E-state index contributed by atoms with van der Waals surface area (Å²) in [5.74, 6) is 0.915. The zero-order chi connectivity index (χ0) is 14.4. The van der Waals surface area contributed by atoms with Gasteiger partial charge >= 0.3 is 0 Å². The van der Waals surface area contributed by atoms with E-state index in [0.717, 1.165) is 6.42 Å². The lowest BCUT2D eigenvalue weighted by Gasteiger charge is -2.40. The topological polar surface area (TPSA) is 48.4 Å². The van der Waals surface area contributed by atoms with Crippen LogP contribution in [0.25, 0.3) is 0 Å². The van der Waals surface area contributed by atoms with Crippen molar-refractivity contribution in [2.75, 3.05) is 0 Å². The highest BCUT2D eigenvalue weighted by atomic mass is 35.5. The monoisotopic (exact) mass is 304 g/mol. The fourth-order valence-electron chi connectivity index (χ4n) is 3.85. The van der Waals surface area contributed by atoms with Crippen molar-refractivity contribution in [1.82, 2.24) is 16.0 Å². The Morgan fingerprint density at radius 2 is 2.19 bits per heavy atom. The van der Waals surface area contributed by atoms with Gasteiger partial charge in [0, 0.05) is 17.8 Å². The average Bonchev–Trinajstić information content (AvgIpc) is 2.92. The summed E-state index contributed by atoms with van der Waals surface area (Å²) in [6, 6.07) is 0.797. The fraction of sp³-hybridized carbons (Fsp3) is 0.562. The van der Waals surface area contributed by atoms with Gasteiger partial charge in [-0.05, 0) is 12.3 Å². The predicted molar refractivity (Wildman–Crippen MR) is 86.3 cm³/mol. The lowest BCUT2D eigenvalue weighted by Crippen LogP contribution is -2.60. The van der Waals surface area contributed by atoms with Crippen molar-refractivity contribution >= 4 is 17.8 Å². The van der Waals surface area contributed by atoms with Gasteiger partial charge in [0.05, 0.1) is 24.3 Å². The predicted octanol–water partition coefficient (Wildman–Crippen LogP) is 1.52. The van der Waals surface area contributed by atoms with Crippen LogP contribution in [0.5, 0.6) is 0 Å². The number of allylic oxidation sites excluding steroid dienone is 3. The quantitative estimate of drug-likeness (QED) is 0.508. The first-order chi connectivity index (χ1) is 10.2. The Morgan fingerprint density at radius 1 is 1.29 bits per heavy atom. The third kappa shape index (κ3) is 2.35. The average molecular weight is 305 g/mol. The van der Waals surface area contributed by atoms with Crippen LogP contribution in [0.4, 0.5) is 0 Å². The second kappa shape index (κ2) is 5.27. The van der Waals surface area contributed by atoms with Crippen LogP contribution in [0.3, 0.4) is 0 Å². The highest BCUT2D eigenvalue weighted by Gasteiger charge is 2.45.